The van der Waals surface area contributed by atoms with Crippen LogP contribution in [0.15, 0.2) is 24.3 Å². The lowest BCUT2D eigenvalue weighted by Gasteiger charge is -2.41. The van der Waals surface area contributed by atoms with Crippen LogP contribution in [-0.2, 0) is 11.0 Å². The van der Waals surface area contributed by atoms with Crippen molar-refractivity contribution >= 4 is 23.2 Å². The summed E-state index contributed by atoms with van der Waals surface area (Å²) in [6.45, 7) is 0. The van der Waals surface area contributed by atoms with E-state index in [0.717, 1.165) is 0 Å². The van der Waals surface area contributed by atoms with Crippen LogP contribution < -0.4 is 5.32 Å². The van der Waals surface area contributed by atoms with Gasteiger partial charge in [-0.05, 0) is 23.7 Å². The number of carbonyl (C=O) groups is 1. The fourth-order valence-electron chi connectivity index (χ4n) is 2.15. The molecule has 1 amide bonds. The first-order valence-electron chi connectivity index (χ1n) is 7.93. The number of hydrogen-bond donors (Lipinski definition) is 1. The van der Waals surface area contributed by atoms with E-state index in [-0.39, 0.29) is 12.1 Å². The largest absolute Gasteiger partial charge is 0.418 e. The van der Waals surface area contributed by atoms with Crippen LogP contribution in [0.5, 0.6) is 0 Å². The van der Waals surface area contributed by atoms with Crippen LogP contribution in [0.4, 0.5) is 80.3 Å². The van der Waals surface area contributed by atoms with E-state index < -0.39 is 64.3 Å². The van der Waals surface area contributed by atoms with Gasteiger partial charge < -0.3 is 5.32 Å². The molecule has 0 saturated carbocycles. The highest BCUT2D eigenvalue weighted by Crippen LogP contribution is 2.62. The smallest absolute Gasteiger partial charge is 0.320 e. The van der Waals surface area contributed by atoms with E-state index in [1.54, 1.807) is 0 Å². The van der Waals surface area contributed by atoms with Crippen molar-refractivity contribution in [1.82, 2.24) is 0 Å². The molecule has 0 bridgehead atoms. The van der Waals surface area contributed by atoms with Crippen molar-refractivity contribution in [3.8, 4) is 0 Å². The molecule has 0 spiro atoms. The van der Waals surface area contributed by atoms with Crippen LogP contribution in [0.1, 0.15) is 5.56 Å². The highest BCUT2D eigenvalue weighted by molar-refractivity contribution is 6.22. The summed E-state index contributed by atoms with van der Waals surface area (Å²) in [5.41, 5.74) is -3.91. The first kappa shape index (κ1) is 30.8. The van der Waals surface area contributed by atoms with Gasteiger partial charge in [0.05, 0.1) is 11.3 Å². The Morgan fingerprint density at radius 3 is 1.37 bits per heavy atom. The molecule has 35 heavy (non-hydrogen) atoms. The molecule has 0 radical (unpaired) electrons. The molecule has 0 aliphatic rings. The monoisotopic (exact) mass is 573 g/mol. The first-order valence-corrected chi connectivity index (χ1v) is 8.31. The number of para-hydroxylation sites is 1. The van der Waals surface area contributed by atoms with E-state index in [0.29, 0.717) is 17.4 Å². The van der Waals surface area contributed by atoms with Crippen molar-refractivity contribution in [3.63, 3.8) is 0 Å². The van der Waals surface area contributed by atoms with Gasteiger partial charge in [0.1, 0.15) is 0 Å². The lowest BCUT2D eigenvalue weighted by molar-refractivity contribution is -0.431. The zero-order valence-electron chi connectivity index (χ0n) is 15.5. The van der Waals surface area contributed by atoms with Gasteiger partial charge in [0, 0.05) is 0 Å². The zero-order valence-corrected chi connectivity index (χ0v) is 16.3. The quantitative estimate of drug-likeness (QED) is 0.257. The minimum Gasteiger partial charge on any atom is -0.320 e. The van der Waals surface area contributed by atoms with Gasteiger partial charge in [-0.2, -0.15) is 74.6 Å². The van der Waals surface area contributed by atoms with Crippen LogP contribution in [0.2, 0.25) is 0 Å². The molecular formula is C15H5ClF17NO. The number of anilines is 1. The Labute approximate surface area is 186 Å². The van der Waals surface area contributed by atoms with Gasteiger partial charge in [-0.15, -0.1) is 0 Å². The number of amides is 1. The third-order valence-electron chi connectivity index (χ3n) is 4.09. The van der Waals surface area contributed by atoms with E-state index in [9.17, 15) is 79.4 Å². The van der Waals surface area contributed by atoms with E-state index in [1.807, 2.05) is 0 Å². The molecule has 0 aromatic heterocycles. The average molecular weight is 574 g/mol. The van der Waals surface area contributed by atoms with Gasteiger partial charge >= 0.3 is 53.0 Å². The van der Waals surface area contributed by atoms with E-state index in [2.05, 4.69) is 11.6 Å². The summed E-state index contributed by atoms with van der Waals surface area (Å²) >= 11 is 3.43. The fourth-order valence-corrected chi connectivity index (χ4v) is 2.27. The summed E-state index contributed by atoms with van der Waals surface area (Å²) in [5, 5.41) is -6.49. The summed E-state index contributed by atoms with van der Waals surface area (Å²) in [6, 6.07) is 1.20. The van der Waals surface area contributed by atoms with Gasteiger partial charge in [0.15, 0.2) is 0 Å². The zero-order chi connectivity index (χ0) is 28.3. The standard InChI is InChI=1S/C15H5ClF17NO/c16-15(32,33)14(30,31)13(28,29)12(26,27)11(24,25)10(22,23)8(17,18)7(35)34-6-4-2-1-3-5(6)9(19,20)21/h1-4H,(H,34,35). The molecule has 0 heterocycles. The highest BCUT2D eigenvalue weighted by Gasteiger charge is 2.93. The number of rotatable bonds is 8. The van der Waals surface area contributed by atoms with Gasteiger partial charge in [-0.1, -0.05) is 12.1 Å². The molecule has 2 nitrogen and oxygen atoms in total. The summed E-state index contributed by atoms with van der Waals surface area (Å²) in [7, 11) is 0. The maximum atomic E-state index is 13.8. The van der Waals surface area contributed by atoms with E-state index >= 15 is 0 Å². The molecule has 1 aromatic rings. The number of halogens is 18. The molecule has 0 saturated heterocycles. The Balaban J connectivity index is 3.56. The van der Waals surface area contributed by atoms with Gasteiger partial charge in [-0.25, -0.2) is 0 Å². The predicted octanol–water partition coefficient (Wildman–Crippen LogP) is 7.29. The molecule has 0 atom stereocenters. The highest BCUT2D eigenvalue weighted by atomic mass is 35.5. The Kier molecular flexibility index (Phi) is 7.42. The van der Waals surface area contributed by atoms with Crippen LogP contribution >= 0.6 is 11.6 Å². The van der Waals surface area contributed by atoms with Gasteiger partial charge in [0.2, 0.25) is 0 Å². The molecule has 0 aliphatic heterocycles. The SMILES string of the molecule is O=C(Nc1ccccc1C(F)(F)F)C(F)(F)C(F)(F)C(F)(F)C(F)(F)C(F)(F)C(F)(F)C(F)(F)Cl. The second-order valence-electron chi connectivity index (χ2n) is 6.44. The maximum Gasteiger partial charge on any atom is 0.418 e. The third kappa shape index (κ3) is 4.54. The van der Waals surface area contributed by atoms with E-state index in [4.69, 9.17) is 0 Å². The molecule has 202 valence electrons. The summed E-state index contributed by atoms with van der Waals surface area (Å²) in [4.78, 5) is 11.4. The topological polar surface area (TPSA) is 29.1 Å². The fraction of sp³-hybridized carbons (Fsp3) is 0.533. The minimum absolute atomic E-state index is 0.0314. The van der Waals surface area contributed by atoms with Crippen molar-refractivity contribution in [2.45, 2.75) is 47.1 Å². The van der Waals surface area contributed by atoms with Gasteiger partial charge in [0.25, 0.3) is 0 Å². The van der Waals surface area contributed by atoms with Crippen LogP contribution in [0.3, 0.4) is 0 Å². The van der Waals surface area contributed by atoms with Crippen molar-refractivity contribution < 1.29 is 79.4 Å². The Bertz CT molecular complexity index is 950. The lowest BCUT2D eigenvalue weighted by Crippen LogP contribution is -2.73. The lowest BCUT2D eigenvalue weighted by atomic mass is 9.91. The number of alkyl halides is 18. The molecule has 0 aliphatic carbocycles. The number of carbonyl (C=O) groups excluding carboxylic acids is 1. The van der Waals surface area contributed by atoms with Crippen LogP contribution in [0.25, 0.3) is 0 Å². The molecule has 0 unspecified atom stereocenters. The second-order valence-corrected chi connectivity index (χ2v) is 6.92. The molecule has 20 heteroatoms. The molecule has 1 rings (SSSR count). The Morgan fingerprint density at radius 2 is 0.971 bits per heavy atom. The minimum atomic E-state index is -8.47. The molecule has 0 fully saturated rings. The third-order valence-corrected chi connectivity index (χ3v) is 4.33. The number of hydrogen-bond acceptors (Lipinski definition) is 1. The number of nitrogens with one attached hydrogen (secondary N) is 1. The second kappa shape index (κ2) is 8.43. The molecule has 1 N–H and O–H groups in total. The van der Waals surface area contributed by atoms with Crippen molar-refractivity contribution in [2.24, 2.45) is 0 Å². The summed E-state index contributed by atoms with van der Waals surface area (Å²) < 4.78 is 225. The van der Waals surface area contributed by atoms with Crippen molar-refractivity contribution in [1.29, 1.82) is 0 Å². The van der Waals surface area contributed by atoms with Crippen molar-refractivity contribution in [2.75, 3.05) is 5.32 Å². The maximum absolute atomic E-state index is 13.8. The summed E-state index contributed by atoms with van der Waals surface area (Å²) in [5.74, 6) is -52.3. The van der Waals surface area contributed by atoms with Crippen molar-refractivity contribution in [3.05, 3.63) is 29.8 Å². The van der Waals surface area contributed by atoms with Gasteiger partial charge in [-0.3, -0.25) is 4.79 Å². The average Bonchev–Trinajstić information content (AvgIpc) is 2.65. The van der Waals surface area contributed by atoms with Crippen LogP contribution in [0, 0.1) is 0 Å². The predicted molar refractivity (Wildman–Crippen MR) is 80.6 cm³/mol. The number of benzene rings is 1. The van der Waals surface area contributed by atoms with E-state index in [1.165, 1.54) is 0 Å². The van der Waals surface area contributed by atoms with Crippen LogP contribution in [-0.4, -0.2) is 46.8 Å². The molecule has 1 aromatic carbocycles. The first-order chi connectivity index (χ1) is 15.1. The Morgan fingerprint density at radius 1 is 0.600 bits per heavy atom. The Hall–Kier alpha value is -2.21. The normalized spacial score (nSPS) is 15.3. The summed E-state index contributed by atoms with van der Waals surface area (Å²) in [6.07, 6.45) is -5.51. The molecular weight excluding hydrogens is 569 g/mol.